The molecule has 0 aromatic heterocycles. The normalized spacial score (nSPS) is 26.5. The van der Waals surface area contributed by atoms with E-state index in [1.54, 1.807) is 37.3 Å². The number of carbonyl (C=O) groups is 2. The molecule has 3 N–H and O–H groups in total. The van der Waals surface area contributed by atoms with Gasteiger partial charge in [0.05, 0.1) is 17.5 Å². The number of likely N-dealkylation sites (N-methyl/N-ethyl adjacent to an activating group) is 2. The molecule has 0 fully saturated rings. The summed E-state index contributed by atoms with van der Waals surface area (Å²) in [5, 5.41) is 22.7. The number of halogens is 3. The molecule has 0 aromatic rings. The van der Waals surface area contributed by atoms with E-state index in [9.17, 15) is 33.0 Å². The molecule has 0 saturated carbocycles. The second-order valence-corrected chi connectivity index (χ2v) is 7.93. The first-order valence-electron chi connectivity index (χ1n) is 10.1. The minimum absolute atomic E-state index is 0.0896. The smallest absolute Gasteiger partial charge is 0.392 e. The van der Waals surface area contributed by atoms with E-state index >= 15 is 0 Å². The average molecular weight is 458 g/mol. The SMILES string of the molecule is CN1C=C(O)C=CC1C1N=C(CCC(=O)NC2=C(C(=O)O)CCC(C(F)(F)F)C2)ON1C. The van der Waals surface area contributed by atoms with Crippen molar-refractivity contribution in [2.45, 2.75) is 50.5 Å². The quantitative estimate of drug-likeness (QED) is 0.560. The molecule has 1 amide bonds. The van der Waals surface area contributed by atoms with E-state index in [0.29, 0.717) is 0 Å². The number of hydrogen-bond donors (Lipinski definition) is 3. The van der Waals surface area contributed by atoms with Gasteiger partial charge in [0.15, 0.2) is 6.17 Å². The van der Waals surface area contributed by atoms with Crippen molar-refractivity contribution in [3.8, 4) is 0 Å². The van der Waals surface area contributed by atoms with Crippen LogP contribution in [0, 0.1) is 5.92 Å². The highest BCUT2D eigenvalue weighted by molar-refractivity contribution is 5.90. The largest absolute Gasteiger partial charge is 0.506 e. The molecule has 1 aliphatic carbocycles. The number of aliphatic hydroxyl groups excluding tert-OH is 1. The molecule has 0 bridgehead atoms. The molecule has 3 unspecified atom stereocenters. The van der Waals surface area contributed by atoms with Crippen LogP contribution in [0.2, 0.25) is 0 Å². The molecule has 9 nitrogen and oxygen atoms in total. The number of hydrogen-bond acceptors (Lipinski definition) is 7. The number of aliphatic imine (C=N–C) groups is 1. The molecule has 0 spiro atoms. The summed E-state index contributed by atoms with van der Waals surface area (Å²) in [6, 6.07) is -0.216. The lowest BCUT2D eigenvalue weighted by Gasteiger charge is -2.31. The van der Waals surface area contributed by atoms with Crippen LogP contribution < -0.4 is 5.32 Å². The van der Waals surface area contributed by atoms with E-state index in [4.69, 9.17) is 4.84 Å². The van der Waals surface area contributed by atoms with Crippen LogP contribution in [0.25, 0.3) is 0 Å². The Kier molecular flexibility index (Phi) is 6.82. The molecule has 2 aliphatic heterocycles. The summed E-state index contributed by atoms with van der Waals surface area (Å²) in [5.41, 5.74) is -0.391. The zero-order valence-electron chi connectivity index (χ0n) is 17.6. The van der Waals surface area contributed by atoms with Gasteiger partial charge in [0.1, 0.15) is 5.76 Å². The number of nitrogens with one attached hydrogen (secondary N) is 1. The van der Waals surface area contributed by atoms with Crippen molar-refractivity contribution in [2.24, 2.45) is 10.9 Å². The monoisotopic (exact) mass is 458 g/mol. The third-order valence-electron chi connectivity index (χ3n) is 5.61. The highest BCUT2D eigenvalue weighted by Crippen LogP contribution is 2.39. The number of carboxylic acid groups (broad SMARTS) is 1. The summed E-state index contributed by atoms with van der Waals surface area (Å²) in [6.45, 7) is 0. The van der Waals surface area contributed by atoms with Crippen molar-refractivity contribution in [2.75, 3.05) is 14.1 Å². The first kappa shape index (κ1) is 23.6. The number of alkyl halides is 3. The van der Waals surface area contributed by atoms with Gasteiger partial charge in [-0.2, -0.15) is 13.2 Å². The predicted molar refractivity (Wildman–Crippen MR) is 107 cm³/mol. The Balaban J connectivity index is 1.60. The van der Waals surface area contributed by atoms with Crippen LogP contribution in [0.5, 0.6) is 0 Å². The van der Waals surface area contributed by atoms with Gasteiger partial charge in [-0.05, 0) is 25.3 Å². The second-order valence-electron chi connectivity index (χ2n) is 7.93. The van der Waals surface area contributed by atoms with E-state index in [1.807, 2.05) is 0 Å². The Hall–Kier alpha value is -3.02. The Morgan fingerprint density at radius 1 is 1.34 bits per heavy atom. The Bertz CT molecular complexity index is 896. The molecule has 0 radical (unpaired) electrons. The van der Waals surface area contributed by atoms with Crippen LogP contribution in [0.1, 0.15) is 32.1 Å². The lowest BCUT2D eigenvalue weighted by atomic mass is 9.86. The number of nitrogens with zero attached hydrogens (tertiary/aromatic N) is 3. The van der Waals surface area contributed by atoms with E-state index in [1.165, 1.54) is 5.06 Å². The minimum Gasteiger partial charge on any atom is -0.506 e. The Morgan fingerprint density at radius 2 is 2.06 bits per heavy atom. The summed E-state index contributed by atoms with van der Waals surface area (Å²) in [5.74, 6) is -3.25. The zero-order valence-corrected chi connectivity index (χ0v) is 17.6. The fourth-order valence-electron chi connectivity index (χ4n) is 3.89. The molecular formula is C20H25F3N4O5. The fraction of sp³-hybridized carbons (Fsp3) is 0.550. The van der Waals surface area contributed by atoms with Gasteiger partial charge in [-0.1, -0.05) is 6.08 Å². The van der Waals surface area contributed by atoms with Crippen molar-refractivity contribution in [1.29, 1.82) is 0 Å². The maximum atomic E-state index is 13.1. The number of aliphatic hydroxyl groups is 1. The highest BCUT2D eigenvalue weighted by atomic mass is 19.4. The molecule has 3 aliphatic rings. The molecule has 3 atom stereocenters. The average Bonchev–Trinajstić information content (AvgIpc) is 3.06. The maximum absolute atomic E-state index is 13.1. The number of carboxylic acids is 1. The number of aliphatic carboxylic acids is 1. The standard InChI is InChI=1S/C20H25F3N4O5/c1-26-10-12(28)4-6-15(26)18-25-17(32-27(18)2)8-7-16(29)24-14-9-11(20(21,22)23)3-5-13(14)19(30)31/h4,6,10-11,15,18,28H,3,5,7-9H2,1-2H3,(H,24,29)(H,30,31). The van der Waals surface area contributed by atoms with Crippen LogP contribution in [0.4, 0.5) is 13.2 Å². The maximum Gasteiger partial charge on any atom is 0.392 e. The van der Waals surface area contributed by atoms with Gasteiger partial charge in [-0.25, -0.2) is 9.79 Å². The molecule has 12 heteroatoms. The van der Waals surface area contributed by atoms with E-state index < -0.39 is 36.6 Å². The highest BCUT2D eigenvalue weighted by Gasteiger charge is 2.43. The van der Waals surface area contributed by atoms with Crippen molar-refractivity contribution in [3.63, 3.8) is 0 Å². The zero-order chi connectivity index (χ0) is 23.6. The first-order valence-corrected chi connectivity index (χ1v) is 10.1. The van der Waals surface area contributed by atoms with Crippen LogP contribution >= 0.6 is 0 Å². The second kappa shape index (κ2) is 9.23. The lowest BCUT2D eigenvalue weighted by Crippen LogP contribution is -2.43. The number of amides is 1. The molecular weight excluding hydrogens is 433 g/mol. The summed E-state index contributed by atoms with van der Waals surface area (Å²) in [4.78, 5) is 35.5. The molecule has 0 aromatic carbocycles. The van der Waals surface area contributed by atoms with Crippen molar-refractivity contribution in [1.82, 2.24) is 15.3 Å². The number of rotatable bonds is 6. The summed E-state index contributed by atoms with van der Waals surface area (Å²) < 4.78 is 39.2. The predicted octanol–water partition coefficient (Wildman–Crippen LogP) is 2.46. The van der Waals surface area contributed by atoms with Crippen LogP contribution in [0.15, 0.2) is 40.4 Å². The molecule has 2 heterocycles. The van der Waals surface area contributed by atoms with Gasteiger partial charge < -0.3 is 25.3 Å². The topological polar surface area (TPSA) is 115 Å². The Morgan fingerprint density at radius 3 is 2.69 bits per heavy atom. The number of carbonyl (C=O) groups excluding carboxylic acids is 1. The van der Waals surface area contributed by atoms with Gasteiger partial charge in [0, 0.05) is 38.8 Å². The minimum atomic E-state index is -4.46. The van der Waals surface area contributed by atoms with Gasteiger partial charge >= 0.3 is 12.1 Å². The van der Waals surface area contributed by atoms with Crippen LogP contribution in [0.3, 0.4) is 0 Å². The fourth-order valence-corrected chi connectivity index (χ4v) is 3.89. The van der Waals surface area contributed by atoms with Gasteiger partial charge in [-0.3, -0.25) is 4.79 Å². The van der Waals surface area contributed by atoms with Crippen molar-refractivity contribution >= 4 is 17.8 Å². The van der Waals surface area contributed by atoms with Crippen LogP contribution in [-0.4, -0.2) is 70.4 Å². The molecule has 0 saturated heterocycles. The first-order chi connectivity index (χ1) is 15.0. The van der Waals surface area contributed by atoms with E-state index in [-0.39, 0.29) is 54.7 Å². The molecule has 176 valence electrons. The number of allylic oxidation sites excluding steroid dienone is 2. The van der Waals surface area contributed by atoms with Crippen molar-refractivity contribution < 1.29 is 37.8 Å². The molecule has 3 rings (SSSR count). The van der Waals surface area contributed by atoms with Gasteiger partial charge in [0.25, 0.3) is 0 Å². The van der Waals surface area contributed by atoms with E-state index in [2.05, 4.69) is 10.3 Å². The van der Waals surface area contributed by atoms with E-state index in [0.717, 1.165) is 0 Å². The summed E-state index contributed by atoms with van der Waals surface area (Å²) in [6.07, 6.45) is -1.22. The third-order valence-corrected chi connectivity index (χ3v) is 5.61. The third kappa shape index (κ3) is 5.42. The van der Waals surface area contributed by atoms with Crippen molar-refractivity contribution in [3.05, 3.63) is 35.4 Å². The lowest BCUT2D eigenvalue weighted by molar-refractivity contribution is -0.178. The molecule has 32 heavy (non-hydrogen) atoms. The van der Waals surface area contributed by atoms with Gasteiger partial charge in [-0.15, -0.1) is 5.06 Å². The number of hydroxylamine groups is 2. The van der Waals surface area contributed by atoms with Crippen LogP contribution in [-0.2, 0) is 14.4 Å². The Labute approximate surface area is 182 Å². The summed E-state index contributed by atoms with van der Waals surface area (Å²) in [7, 11) is 3.44. The van der Waals surface area contributed by atoms with Gasteiger partial charge in [0.2, 0.25) is 11.8 Å². The summed E-state index contributed by atoms with van der Waals surface area (Å²) >= 11 is 0.